The Labute approximate surface area is 116 Å². The molecule has 2 rings (SSSR count). The molecule has 0 unspecified atom stereocenters. The maximum atomic E-state index is 12.8. The zero-order valence-corrected chi connectivity index (χ0v) is 11.2. The lowest BCUT2D eigenvalue weighted by molar-refractivity contribution is -0.115. The highest BCUT2D eigenvalue weighted by molar-refractivity contribution is 6.31. The molecule has 2 aromatic rings. The predicted octanol–water partition coefficient (Wildman–Crippen LogP) is 3.97. The lowest BCUT2D eigenvalue weighted by atomic mass is 10.1. The molecule has 0 aliphatic carbocycles. The van der Waals surface area contributed by atoms with E-state index in [9.17, 15) is 9.18 Å². The number of amides is 1. The van der Waals surface area contributed by atoms with Gasteiger partial charge in [-0.3, -0.25) is 4.79 Å². The Hall–Kier alpha value is -1.87. The molecule has 0 saturated carbocycles. The normalized spacial score (nSPS) is 10.3. The number of halogens is 2. The molecule has 0 radical (unpaired) electrons. The van der Waals surface area contributed by atoms with Gasteiger partial charge in [-0.1, -0.05) is 29.8 Å². The Morgan fingerprint density at radius 2 is 1.89 bits per heavy atom. The second-order valence-corrected chi connectivity index (χ2v) is 4.67. The number of carbonyl (C=O) groups excluding carboxylic acids is 1. The van der Waals surface area contributed by atoms with Crippen LogP contribution in [0.2, 0.25) is 5.02 Å². The molecule has 0 fully saturated rings. The minimum Gasteiger partial charge on any atom is -0.326 e. The minimum atomic E-state index is -0.310. The van der Waals surface area contributed by atoms with Crippen LogP contribution in [0.15, 0.2) is 42.5 Å². The molecule has 1 N–H and O–H groups in total. The summed E-state index contributed by atoms with van der Waals surface area (Å²) in [5, 5.41) is 3.41. The largest absolute Gasteiger partial charge is 0.326 e. The lowest BCUT2D eigenvalue weighted by Crippen LogP contribution is -2.15. The molecular weight excluding hydrogens is 265 g/mol. The van der Waals surface area contributed by atoms with Crippen molar-refractivity contribution >= 4 is 23.2 Å². The van der Waals surface area contributed by atoms with Crippen molar-refractivity contribution in [2.24, 2.45) is 0 Å². The molecule has 1 amide bonds. The third-order valence-corrected chi connectivity index (χ3v) is 3.23. The first-order chi connectivity index (χ1) is 9.06. The standard InChI is InChI=1S/C15H13ClFNO/c1-10-13(16)3-2-4-14(10)18-15(19)9-11-5-7-12(17)8-6-11/h2-8H,9H2,1H3,(H,18,19). The van der Waals surface area contributed by atoms with Crippen molar-refractivity contribution in [3.8, 4) is 0 Å². The smallest absolute Gasteiger partial charge is 0.228 e. The summed E-state index contributed by atoms with van der Waals surface area (Å²) in [6, 6.07) is 11.2. The Balaban J connectivity index is 2.05. The zero-order valence-electron chi connectivity index (χ0n) is 10.4. The molecule has 0 aliphatic heterocycles. The SMILES string of the molecule is Cc1c(Cl)cccc1NC(=O)Cc1ccc(F)cc1. The van der Waals surface area contributed by atoms with Crippen LogP contribution in [-0.2, 0) is 11.2 Å². The van der Waals surface area contributed by atoms with E-state index in [0.29, 0.717) is 10.7 Å². The van der Waals surface area contributed by atoms with Gasteiger partial charge >= 0.3 is 0 Å². The van der Waals surface area contributed by atoms with E-state index in [0.717, 1.165) is 11.1 Å². The number of hydrogen-bond acceptors (Lipinski definition) is 1. The second-order valence-electron chi connectivity index (χ2n) is 4.26. The fourth-order valence-electron chi connectivity index (χ4n) is 1.72. The average molecular weight is 278 g/mol. The van der Waals surface area contributed by atoms with Crippen molar-refractivity contribution in [2.75, 3.05) is 5.32 Å². The van der Waals surface area contributed by atoms with E-state index in [1.807, 2.05) is 6.92 Å². The van der Waals surface area contributed by atoms with Crippen LogP contribution in [0.1, 0.15) is 11.1 Å². The van der Waals surface area contributed by atoms with Gasteiger partial charge in [-0.25, -0.2) is 4.39 Å². The van der Waals surface area contributed by atoms with Crippen molar-refractivity contribution in [1.82, 2.24) is 0 Å². The summed E-state index contributed by atoms with van der Waals surface area (Å²) in [6.45, 7) is 1.84. The topological polar surface area (TPSA) is 29.1 Å². The van der Waals surface area contributed by atoms with Gasteiger partial charge in [-0.05, 0) is 42.3 Å². The van der Waals surface area contributed by atoms with Crippen LogP contribution >= 0.6 is 11.6 Å². The van der Waals surface area contributed by atoms with Crippen molar-refractivity contribution in [3.63, 3.8) is 0 Å². The van der Waals surface area contributed by atoms with E-state index >= 15 is 0 Å². The number of nitrogens with one attached hydrogen (secondary N) is 1. The van der Waals surface area contributed by atoms with Crippen LogP contribution in [0.3, 0.4) is 0 Å². The number of hydrogen-bond donors (Lipinski definition) is 1. The molecule has 19 heavy (non-hydrogen) atoms. The fraction of sp³-hybridized carbons (Fsp3) is 0.133. The monoisotopic (exact) mass is 277 g/mol. The van der Waals surface area contributed by atoms with Gasteiger partial charge in [0.1, 0.15) is 5.82 Å². The predicted molar refractivity (Wildman–Crippen MR) is 74.9 cm³/mol. The van der Waals surface area contributed by atoms with E-state index in [-0.39, 0.29) is 18.1 Å². The van der Waals surface area contributed by atoms with E-state index in [1.165, 1.54) is 12.1 Å². The first-order valence-corrected chi connectivity index (χ1v) is 6.23. The summed E-state index contributed by atoms with van der Waals surface area (Å²) in [5.41, 5.74) is 2.29. The highest BCUT2D eigenvalue weighted by Gasteiger charge is 2.07. The van der Waals surface area contributed by atoms with Crippen LogP contribution in [0.25, 0.3) is 0 Å². The molecule has 0 spiro atoms. The number of carbonyl (C=O) groups is 1. The summed E-state index contributed by atoms with van der Waals surface area (Å²) in [7, 11) is 0. The second kappa shape index (κ2) is 5.85. The van der Waals surface area contributed by atoms with E-state index in [4.69, 9.17) is 11.6 Å². The van der Waals surface area contributed by atoms with Gasteiger partial charge < -0.3 is 5.32 Å². The third-order valence-electron chi connectivity index (χ3n) is 2.82. The molecule has 4 heteroatoms. The molecule has 2 aromatic carbocycles. The van der Waals surface area contributed by atoms with Gasteiger partial charge in [-0.15, -0.1) is 0 Å². The first-order valence-electron chi connectivity index (χ1n) is 5.85. The molecule has 0 atom stereocenters. The molecule has 0 aliphatic rings. The first kappa shape index (κ1) is 13.6. The molecular formula is C15H13ClFNO. The Bertz CT molecular complexity index is 596. The molecule has 98 valence electrons. The van der Waals surface area contributed by atoms with Gasteiger partial charge in [-0.2, -0.15) is 0 Å². The highest BCUT2D eigenvalue weighted by Crippen LogP contribution is 2.23. The van der Waals surface area contributed by atoms with E-state index < -0.39 is 0 Å². The maximum Gasteiger partial charge on any atom is 0.228 e. The van der Waals surface area contributed by atoms with Crippen LogP contribution in [-0.4, -0.2) is 5.91 Å². The maximum absolute atomic E-state index is 12.8. The van der Waals surface area contributed by atoms with Crippen molar-refractivity contribution < 1.29 is 9.18 Å². The summed E-state index contributed by atoms with van der Waals surface area (Å²) < 4.78 is 12.8. The van der Waals surface area contributed by atoms with Crippen molar-refractivity contribution in [1.29, 1.82) is 0 Å². The Morgan fingerprint density at radius 3 is 2.58 bits per heavy atom. The fourth-order valence-corrected chi connectivity index (χ4v) is 1.90. The van der Waals surface area contributed by atoms with Crippen LogP contribution in [0.5, 0.6) is 0 Å². The van der Waals surface area contributed by atoms with Gasteiger partial charge in [0.15, 0.2) is 0 Å². The highest BCUT2D eigenvalue weighted by atomic mass is 35.5. The lowest BCUT2D eigenvalue weighted by Gasteiger charge is -2.09. The molecule has 0 saturated heterocycles. The molecule has 0 aromatic heterocycles. The van der Waals surface area contributed by atoms with Crippen molar-refractivity contribution in [2.45, 2.75) is 13.3 Å². The van der Waals surface area contributed by atoms with Gasteiger partial charge in [0, 0.05) is 10.7 Å². The zero-order chi connectivity index (χ0) is 13.8. The summed E-state index contributed by atoms with van der Waals surface area (Å²) >= 11 is 5.98. The minimum absolute atomic E-state index is 0.156. The van der Waals surface area contributed by atoms with Gasteiger partial charge in [0.25, 0.3) is 0 Å². The van der Waals surface area contributed by atoms with Gasteiger partial charge in [0.05, 0.1) is 6.42 Å². The third kappa shape index (κ3) is 3.55. The number of anilines is 1. The molecule has 0 heterocycles. The number of rotatable bonds is 3. The average Bonchev–Trinajstić information content (AvgIpc) is 2.38. The Kier molecular flexibility index (Phi) is 4.17. The quantitative estimate of drug-likeness (QED) is 0.904. The van der Waals surface area contributed by atoms with E-state index in [1.54, 1.807) is 30.3 Å². The summed E-state index contributed by atoms with van der Waals surface area (Å²) in [6.07, 6.45) is 0.201. The van der Waals surface area contributed by atoms with E-state index in [2.05, 4.69) is 5.32 Å². The molecule has 0 bridgehead atoms. The van der Waals surface area contributed by atoms with Crippen LogP contribution in [0.4, 0.5) is 10.1 Å². The summed E-state index contributed by atoms with van der Waals surface area (Å²) in [4.78, 5) is 11.9. The summed E-state index contributed by atoms with van der Waals surface area (Å²) in [5.74, 6) is -0.466. The Morgan fingerprint density at radius 1 is 1.21 bits per heavy atom. The van der Waals surface area contributed by atoms with Gasteiger partial charge in [0.2, 0.25) is 5.91 Å². The van der Waals surface area contributed by atoms with Crippen LogP contribution in [0, 0.1) is 12.7 Å². The van der Waals surface area contributed by atoms with Crippen LogP contribution < -0.4 is 5.32 Å². The van der Waals surface area contributed by atoms with Crippen molar-refractivity contribution in [3.05, 3.63) is 64.4 Å². The molecule has 2 nitrogen and oxygen atoms in total. The number of benzene rings is 2.